The molecule has 1 amide bonds. The van der Waals surface area contributed by atoms with Crippen LogP contribution in [-0.4, -0.2) is 34.1 Å². The monoisotopic (exact) mass is 402 g/mol. The molecule has 0 bridgehead atoms. The fourth-order valence-electron chi connectivity index (χ4n) is 3.47. The largest absolute Gasteiger partial charge is 0.450 e. The van der Waals surface area contributed by atoms with E-state index in [2.05, 4.69) is 30.6 Å². The number of rotatable bonds is 5. The highest BCUT2D eigenvalue weighted by Crippen LogP contribution is 2.23. The van der Waals surface area contributed by atoms with E-state index in [0.29, 0.717) is 11.6 Å². The van der Waals surface area contributed by atoms with Crippen LogP contribution < -0.4 is 32.8 Å². The van der Waals surface area contributed by atoms with Gasteiger partial charge in [0.2, 0.25) is 5.95 Å². The quantitative estimate of drug-likeness (QED) is 0.545. The fourth-order valence-corrected chi connectivity index (χ4v) is 3.47. The molecule has 0 radical (unpaired) electrons. The van der Waals surface area contributed by atoms with Crippen LogP contribution in [0.4, 0.5) is 26.2 Å². The summed E-state index contributed by atoms with van der Waals surface area (Å²) in [6.07, 6.45) is 1.80. The number of nitrogens with one attached hydrogen (secondary N) is 2. The summed E-state index contributed by atoms with van der Waals surface area (Å²) in [5.74, 6) is -0.269. The number of amides is 1. The molecular formula is C18H20F2N8O. The Bertz CT molecular complexity index is 1070. The summed E-state index contributed by atoms with van der Waals surface area (Å²) in [4.78, 5) is 26.7. The standard InChI is InChI=1S/C18H20F2N8O/c19-18(20)27-13-6-5-9(7-14(13)28-18)24-16-10(15(22)29)8-23-17(26-16)25-12-4-2-1-3-11(12)21/h5-8,11-12H,1-4,21H2,(H2,22,29)(H2,23,24,25,26)/t11-,12+/m0/s1. The lowest BCUT2D eigenvalue weighted by Crippen LogP contribution is -2.43. The van der Waals surface area contributed by atoms with Crippen LogP contribution in [0.1, 0.15) is 36.0 Å². The van der Waals surface area contributed by atoms with E-state index < -0.39 is 12.1 Å². The van der Waals surface area contributed by atoms with Crippen LogP contribution in [-0.2, 0) is 0 Å². The van der Waals surface area contributed by atoms with E-state index in [1.165, 1.54) is 24.4 Å². The first-order valence-electron chi connectivity index (χ1n) is 9.24. The number of hydrogen-bond donors (Lipinski definition) is 4. The Balaban J connectivity index is 1.62. The van der Waals surface area contributed by atoms with Crippen LogP contribution in [0.15, 0.2) is 34.4 Å². The number of nitrogens with two attached hydrogens (primary N) is 2. The molecule has 6 N–H and O–H groups in total. The third-order valence-electron chi connectivity index (χ3n) is 4.94. The van der Waals surface area contributed by atoms with Gasteiger partial charge in [-0.2, -0.15) is 23.7 Å². The average Bonchev–Trinajstić information content (AvgIpc) is 2.97. The molecule has 4 rings (SSSR count). The SMILES string of the molecule is NC(=O)c1cnc(N[C@@H]2CCCC[C@@H]2N)nc1Nc1ccc2c(c1)=NC(F)(F)N=2. The van der Waals surface area contributed by atoms with Crippen molar-refractivity contribution in [1.82, 2.24) is 9.97 Å². The fraction of sp³-hybridized carbons (Fsp3) is 0.389. The molecular weight excluding hydrogens is 382 g/mol. The maximum absolute atomic E-state index is 13.3. The van der Waals surface area contributed by atoms with Gasteiger partial charge in [-0.1, -0.05) is 12.8 Å². The highest BCUT2D eigenvalue weighted by atomic mass is 19.3. The van der Waals surface area contributed by atoms with E-state index in [-0.39, 0.29) is 34.2 Å². The van der Waals surface area contributed by atoms with Crippen molar-refractivity contribution in [2.45, 2.75) is 43.9 Å². The van der Waals surface area contributed by atoms with Crippen LogP contribution in [0, 0.1) is 0 Å². The van der Waals surface area contributed by atoms with Crippen molar-refractivity contribution < 1.29 is 13.6 Å². The molecule has 2 aromatic rings. The molecule has 1 aromatic carbocycles. The molecule has 0 saturated heterocycles. The van der Waals surface area contributed by atoms with Crippen molar-refractivity contribution in [2.24, 2.45) is 21.5 Å². The highest BCUT2D eigenvalue weighted by molar-refractivity contribution is 5.98. The molecule has 2 heterocycles. The molecule has 1 aliphatic carbocycles. The van der Waals surface area contributed by atoms with Crippen LogP contribution >= 0.6 is 0 Å². The van der Waals surface area contributed by atoms with Gasteiger partial charge >= 0.3 is 6.17 Å². The normalized spacial score (nSPS) is 22.2. The average molecular weight is 402 g/mol. The molecule has 0 unspecified atom stereocenters. The smallest absolute Gasteiger partial charge is 0.365 e. The first-order chi connectivity index (χ1) is 13.8. The van der Waals surface area contributed by atoms with Crippen LogP contribution in [0.5, 0.6) is 0 Å². The molecule has 1 saturated carbocycles. The molecule has 152 valence electrons. The van der Waals surface area contributed by atoms with Gasteiger partial charge < -0.3 is 22.1 Å². The number of alkyl halides is 2. The number of benzene rings is 1. The highest BCUT2D eigenvalue weighted by Gasteiger charge is 2.29. The number of halogens is 2. The molecule has 1 aliphatic heterocycles. The van der Waals surface area contributed by atoms with E-state index in [4.69, 9.17) is 11.5 Å². The van der Waals surface area contributed by atoms with E-state index >= 15 is 0 Å². The lowest BCUT2D eigenvalue weighted by atomic mass is 9.91. The minimum Gasteiger partial charge on any atom is -0.365 e. The van der Waals surface area contributed by atoms with Crippen molar-refractivity contribution in [1.29, 1.82) is 0 Å². The van der Waals surface area contributed by atoms with E-state index in [1.807, 2.05) is 0 Å². The van der Waals surface area contributed by atoms with Crippen molar-refractivity contribution in [3.8, 4) is 0 Å². The zero-order chi connectivity index (χ0) is 20.6. The second-order valence-electron chi connectivity index (χ2n) is 7.08. The summed E-state index contributed by atoms with van der Waals surface area (Å²) in [5, 5.41) is 6.27. The molecule has 1 aromatic heterocycles. The Kier molecular flexibility index (Phi) is 4.82. The Morgan fingerprint density at radius 3 is 2.69 bits per heavy atom. The van der Waals surface area contributed by atoms with E-state index in [0.717, 1.165) is 25.7 Å². The molecule has 1 fully saturated rings. The lowest BCUT2D eigenvalue weighted by molar-refractivity contribution is 0.0194. The zero-order valence-electron chi connectivity index (χ0n) is 15.4. The lowest BCUT2D eigenvalue weighted by Gasteiger charge is -2.29. The summed E-state index contributed by atoms with van der Waals surface area (Å²) >= 11 is 0. The third kappa shape index (κ3) is 4.14. The van der Waals surface area contributed by atoms with Crippen LogP contribution in [0.3, 0.4) is 0 Å². The van der Waals surface area contributed by atoms with Gasteiger partial charge in [0.15, 0.2) is 0 Å². The Labute approximate surface area is 164 Å². The van der Waals surface area contributed by atoms with Crippen molar-refractivity contribution in [3.05, 3.63) is 40.7 Å². The summed E-state index contributed by atoms with van der Waals surface area (Å²) < 4.78 is 26.6. The van der Waals surface area contributed by atoms with Gasteiger partial charge in [0, 0.05) is 24.0 Å². The van der Waals surface area contributed by atoms with Crippen LogP contribution in [0.25, 0.3) is 0 Å². The molecule has 11 heteroatoms. The topological polar surface area (TPSA) is 144 Å². The minimum atomic E-state index is -3.47. The first kappa shape index (κ1) is 19.1. The van der Waals surface area contributed by atoms with Gasteiger partial charge in [0.25, 0.3) is 5.91 Å². The van der Waals surface area contributed by atoms with Crippen molar-refractivity contribution in [3.63, 3.8) is 0 Å². The summed E-state index contributed by atoms with van der Waals surface area (Å²) in [5.41, 5.74) is 12.0. The number of fused-ring (bicyclic) bond motifs is 1. The Morgan fingerprint density at radius 2 is 1.93 bits per heavy atom. The number of hydrogen-bond acceptors (Lipinski definition) is 8. The van der Waals surface area contributed by atoms with E-state index in [9.17, 15) is 13.6 Å². The second-order valence-corrected chi connectivity index (χ2v) is 7.08. The van der Waals surface area contributed by atoms with Gasteiger partial charge in [-0.25, -0.2) is 4.98 Å². The zero-order valence-corrected chi connectivity index (χ0v) is 15.4. The number of primary amides is 1. The molecule has 9 nitrogen and oxygen atoms in total. The van der Waals surface area contributed by atoms with Crippen molar-refractivity contribution in [2.75, 3.05) is 10.6 Å². The van der Waals surface area contributed by atoms with E-state index in [1.54, 1.807) is 0 Å². The number of carbonyl (C=O) groups is 1. The number of nitrogens with zero attached hydrogens (tertiary/aromatic N) is 4. The summed E-state index contributed by atoms with van der Waals surface area (Å²) in [7, 11) is 0. The number of anilines is 3. The second kappa shape index (κ2) is 7.32. The maximum atomic E-state index is 13.3. The van der Waals surface area contributed by atoms with Crippen LogP contribution in [0.2, 0.25) is 0 Å². The van der Waals surface area contributed by atoms with Gasteiger partial charge in [-0.3, -0.25) is 4.79 Å². The molecule has 2 aliphatic rings. The minimum absolute atomic E-state index is 0.0108. The molecule has 2 atom stereocenters. The molecule has 0 spiro atoms. The third-order valence-corrected chi connectivity index (χ3v) is 4.94. The number of carbonyl (C=O) groups excluding carboxylic acids is 1. The summed E-state index contributed by atoms with van der Waals surface area (Å²) in [6.45, 7) is 0. The molecule has 29 heavy (non-hydrogen) atoms. The van der Waals surface area contributed by atoms with Crippen molar-refractivity contribution >= 4 is 23.4 Å². The van der Waals surface area contributed by atoms with Gasteiger partial charge in [-0.15, -0.1) is 0 Å². The van der Waals surface area contributed by atoms with Gasteiger partial charge in [-0.05, 0) is 31.0 Å². The first-order valence-corrected chi connectivity index (χ1v) is 9.24. The predicted molar refractivity (Wildman–Crippen MR) is 101 cm³/mol. The summed E-state index contributed by atoms with van der Waals surface area (Å²) in [6, 6.07) is 4.36. The predicted octanol–water partition coefficient (Wildman–Crippen LogP) is 0.804. The Hall–Kier alpha value is -3.21. The van der Waals surface area contributed by atoms with Gasteiger partial charge in [0.05, 0.1) is 10.7 Å². The number of aromatic nitrogens is 2. The maximum Gasteiger partial charge on any atom is 0.450 e. The van der Waals surface area contributed by atoms with Gasteiger partial charge in [0.1, 0.15) is 11.4 Å². The Morgan fingerprint density at radius 1 is 1.17 bits per heavy atom.